The third-order valence-electron chi connectivity index (χ3n) is 3.35. The number of aryl methyl sites for hydroxylation is 3. The minimum Gasteiger partial charge on any atom is -0.456 e. The van der Waals surface area contributed by atoms with Gasteiger partial charge in [-0.05, 0) is 38.5 Å². The second kappa shape index (κ2) is 5.77. The van der Waals surface area contributed by atoms with Gasteiger partial charge in [-0.1, -0.05) is 23.8 Å². The highest BCUT2D eigenvalue weighted by molar-refractivity contribution is 7.14. The van der Waals surface area contributed by atoms with Gasteiger partial charge in [0.05, 0.1) is 5.69 Å². The summed E-state index contributed by atoms with van der Waals surface area (Å²) in [5, 5.41) is 5.28. The van der Waals surface area contributed by atoms with Gasteiger partial charge in [-0.25, -0.2) is 4.98 Å². The molecule has 0 atom stereocenters. The van der Waals surface area contributed by atoms with E-state index in [9.17, 15) is 4.79 Å². The van der Waals surface area contributed by atoms with Crippen LogP contribution in [-0.4, -0.2) is 10.9 Å². The molecule has 0 saturated heterocycles. The van der Waals surface area contributed by atoms with Gasteiger partial charge in [-0.15, -0.1) is 11.3 Å². The van der Waals surface area contributed by atoms with E-state index in [1.165, 1.54) is 22.5 Å². The Morgan fingerprint density at radius 2 is 2.00 bits per heavy atom. The van der Waals surface area contributed by atoms with Crippen LogP contribution in [0.1, 0.15) is 27.4 Å². The minimum absolute atomic E-state index is 0.283. The minimum atomic E-state index is -0.283. The normalized spacial score (nSPS) is 10.7. The molecule has 0 aliphatic heterocycles. The summed E-state index contributed by atoms with van der Waals surface area (Å²) in [4.78, 5) is 16.5. The topological polar surface area (TPSA) is 55.1 Å². The zero-order valence-corrected chi connectivity index (χ0v) is 13.5. The van der Waals surface area contributed by atoms with E-state index in [1.54, 1.807) is 19.1 Å². The van der Waals surface area contributed by atoms with Gasteiger partial charge < -0.3 is 4.42 Å². The van der Waals surface area contributed by atoms with Crippen LogP contribution in [0.2, 0.25) is 0 Å². The van der Waals surface area contributed by atoms with Gasteiger partial charge in [0.25, 0.3) is 5.91 Å². The van der Waals surface area contributed by atoms with Crippen molar-refractivity contribution in [3.8, 4) is 11.3 Å². The number of hydrogen-bond acceptors (Lipinski definition) is 4. The SMILES string of the molecule is Cc1ccc(-c2csc(NC(=O)c3ccc(C)o3)n2)c(C)c1. The molecule has 1 N–H and O–H groups in total. The molecule has 3 aromatic rings. The van der Waals surface area contributed by atoms with Gasteiger partial charge in [0.1, 0.15) is 5.76 Å². The Balaban J connectivity index is 1.80. The van der Waals surface area contributed by atoms with E-state index >= 15 is 0 Å². The quantitative estimate of drug-likeness (QED) is 0.770. The molecule has 0 bridgehead atoms. The van der Waals surface area contributed by atoms with Gasteiger partial charge in [0.15, 0.2) is 10.9 Å². The van der Waals surface area contributed by atoms with Crippen molar-refractivity contribution in [1.29, 1.82) is 0 Å². The summed E-state index contributed by atoms with van der Waals surface area (Å²) in [7, 11) is 0. The van der Waals surface area contributed by atoms with Crippen molar-refractivity contribution in [1.82, 2.24) is 4.98 Å². The zero-order chi connectivity index (χ0) is 15.7. The Morgan fingerprint density at radius 1 is 1.18 bits per heavy atom. The van der Waals surface area contributed by atoms with Crippen molar-refractivity contribution in [3.05, 3.63) is 58.4 Å². The first-order valence-corrected chi connectivity index (χ1v) is 7.82. The van der Waals surface area contributed by atoms with Crippen molar-refractivity contribution in [2.45, 2.75) is 20.8 Å². The molecule has 0 aliphatic carbocycles. The Bertz CT molecular complexity index is 833. The maximum absolute atomic E-state index is 12.0. The fourth-order valence-electron chi connectivity index (χ4n) is 2.27. The average molecular weight is 312 g/mol. The number of nitrogens with one attached hydrogen (secondary N) is 1. The Labute approximate surface area is 132 Å². The monoisotopic (exact) mass is 312 g/mol. The van der Waals surface area contributed by atoms with E-state index in [0.29, 0.717) is 16.7 Å². The Hall–Kier alpha value is -2.40. The number of rotatable bonds is 3. The lowest BCUT2D eigenvalue weighted by Gasteiger charge is -2.03. The van der Waals surface area contributed by atoms with E-state index in [4.69, 9.17) is 4.42 Å². The summed E-state index contributed by atoms with van der Waals surface area (Å²) in [6, 6.07) is 9.66. The smallest absolute Gasteiger partial charge is 0.293 e. The highest BCUT2D eigenvalue weighted by Crippen LogP contribution is 2.28. The molecule has 0 aliphatic rings. The summed E-state index contributed by atoms with van der Waals surface area (Å²) in [6.45, 7) is 5.93. The van der Waals surface area contributed by atoms with E-state index in [0.717, 1.165) is 11.3 Å². The van der Waals surface area contributed by atoms with Crippen molar-refractivity contribution in [3.63, 3.8) is 0 Å². The Kier molecular flexibility index (Phi) is 3.81. The summed E-state index contributed by atoms with van der Waals surface area (Å²) in [5.41, 5.74) is 4.34. The molecule has 4 nitrogen and oxygen atoms in total. The van der Waals surface area contributed by atoms with Crippen LogP contribution in [0.4, 0.5) is 5.13 Å². The number of carbonyl (C=O) groups is 1. The largest absolute Gasteiger partial charge is 0.456 e. The molecule has 0 radical (unpaired) electrons. The molecular weight excluding hydrogens is 296 g/mol. The van der Waals surface area contributed by atoms with Crippen LogP contribution in [0.5, 0.6) is 0 Å². The lowest BCUT2D eigenvalue weighted by molar-refractivity contribution is 0.0995. The molecule has 0 fully saturated rings. The first-order chi connectivity index (χ1) is 10.5. The van der Waals surface area contributed by atoms with Crippen LogP contribution >= 0.6 is 11.3 Å². The molecule has 0 spiro atoms. The van der Waals surface area contributed by atoms with Crippen molar-refractivity contribution in [2.75, 3.05) is 5.32 Å². The second-order valence-corrected chi connectivity index (χ2v) is 6.08. The Morgan fingerprint density at radius 3 is 2.68 bits per heavy atom. The number of furan rings is 1. The predicted molar refractivity (Wildman–Crippen MR) is 88.4 cm³/mol. The summed E-state index contributed by atoms with van der Waals surface area (Å²) in [5.74, 6) is 0.718. The number of thiazole rings is 1. The van der Waals surface area contributed by atoms with Crippen molar-refractivity contribution < 1.29 is 9.21 Å². The molecule has 0 unspecified atom stereocenters. The number of hydrogen-bond donors (Lipinski definition) is 1. The molecule has 1 amide bonds. The van der Waals surface area contributed by atoms with Crippen LogP contribution in [-0.2, 0) is 0 Å². The first kappa shape index (κ1) is 14.5. The van der Waals surface area contributed by atoms with E-state index in [2.05, 4.69) is 42.3 Å². The molecule has 1 aromatic carbocycles. The highest BCUT2D eigenvalue weighted by Gasteiger charge is 2.13. The van der Waals surface area contributed by atoms with Crippen LogP contribution in [0.25, 0.3) is 11.3 Å². The number of anilines is 1. The van der Waals surface area contributed by atoms with Crippen LogP contribution in [0, 0.1) is 20.8 Å². The first-order valence-electron chi connectivity index (χ1n) is 6.94. The summed E-state index contributed by atoms with van der Waals surface area (Å²) >= 11 is 1.40. The van der Waals surface area contributed by atoms with Gasteiger partial charge in [0, 0.05) is 10.9 Å². The lowest BCUT2D eigenvalue weighted by atomic mass is 10.0. The highest BCUT2D eigenvalue weighted by atomic mass is 32.1. The van der Waals surface area contributed by atoms with Crippen LogP contribution in [0.3, 0.4) is 0 Å². The maximum Gasteiger partial charge on any atom is 0.293 e. The second-order valence-electron chi connectivity index (χ2n) is 5.22. The third-order valence-corrected chi connectivity index (χ3v) is 4.10. The number of benzene rings is 1. The van der Waals surface area contributed by atoms with Gasteiger partial charge in [-0.2, -0.15) is 0 Å². The van der Waals surface area contributed by atoms with E-state index in [-0.39, 0.29) is 5.91 Å². The van der Waals surface area contributed by atoms with Crippen LogP contribution < -0.4 is 5.32 Å². The van der Waals surface area contributed by atoms with Gasteiger partial charge >= 0.3 is 0 Å². The van der Waals surface area contributed by atoms with E-state index < -0.39 is 0 Å². The predicted octanol–water partition coefficient (Wildman–Crippen LogP) is 4.58. The zero-order valence-electron chi connectivity index (χ0n) is 12.6. The number of nitrogens with zero attached hydrogens (tertiary/aromatic N) is 1. The molecule has 2 heterocycles. The van der Waals surface area contributed by atoms with E-state index in [1.807, 2.05) is 5.38 Å². The number of amides is 1. The fraction of sp³-hybridized carbons (Fsp3) is 0.176. The summed E-state index contributed by atoms with van der Waals surface area (Å²) < 4.78 is 5.31. The molecule has 3 rings (SSSR count). The maximum atomic E-state index is 12.0. The lowest BCUT2D eigenvalue weighted by Crippen LogP contribution is -2.10. The molecular formula is C17H16N2O2S. The molecule has 0 saturated carbocycles. The third kappa shape index (κ3) is 2.94. The summed E-state index contributed by atoms with van der Waals surface area (Å²) in [6.07, 6.45) is 0. The number of aromatic nitrogens is 1. The fourth-order valence-corrected chi connectivity index (χ4v) is 2.98. The van der Waals surface area contributed by atoms with Crippen molar-refractivity contribution in [2.24, 2.45) is 0 Å². The van der Waals surface area contributed by atoms with Crippen LogP contribution in [0.15, 0.2) is 40.1 Å². The average Bonchev–Trinajstić information content (AvgIpc) is 3.08. The van der Waals surface area contributed by atoms with Gasteiger partial charge in [-0.3, -0.25) is 10.1 Å². The van der Waals surface area contributed by atoms with Crippen molar-refractivity contribution >= 4 is 22.4 Å². The molecule has 2 aromatic heterocycles. The molecule has 112 valence electrons. The number of carbonyl (C=O) groups excluding carboxylic acids is 1. The molecule has 22 heavy (non-hydrogen) atoms. The molecule has 5 heteroatoms. The van der Waals surface area contributed by atoms with Gasteiger partial charge in [0.2, 0.25) is 0 Å². The standard InChI is InChI=1S/C17H16N2O2S/c1-10-4-6-13(11(2)8-10)14-9-22-17(18-14)19-16(20)15-7-5-12(3)21-15/h4-9H,1-3H3,(H,18,19,20).